The summed E-state index contributed by atoms with van der Waals surface area (Å²) in [6.07, 6.45) is 0. The molecule has 0 N–H and O–H groups in total. The fourth-order valence-electron chi connectivity index (χ4n) is 0. The van der Waals surface area contributed by atoms with E-state index in [-0.39, 0.29) is 32.7 Å². The minimum absolute atomic E-state index is 0. The second-order valence-electron chi connectivity index (χ2n) is 0. The van der Waals surface area contributed by atoms with Crippen LogP contribution in [-0.2, 0) is 44.9 Å². The van der Waals surface area contributed by atoms with Crippen molar-refractivity contribution in [2.45, 2.75) is 0 Å². The van der Waals surface area contributed by atoms with Gasteiger partial charge in [0.25, 0.3) is 0 Å². The molecule has 0 saturated carbocycles. The van der Waals surface area contributed by atoms with E-state index in [1.54, 1.807) is 0 Å². The van der Waals surface area contributed by atoms with Crippen molar-refractivity contribution < 1.29 is 44.9 Å². The van der Waals surface area contributed by atoms with Gasteiger partial charge in [-0.2, -0.15) is 0 Å². The molecule has 0 atom stereocenters. The van der Waals surface area contributed by atoms with E-state index in [2.05, 4.69) is 0 Å². The Labute approximate surface area is 55.7 Å². The van der Waals surface area contributed by atoms with E-state index < -0.39 is 0 Å². The molecule has 0 bridgehead atoms. The van der Waals surface area contributed by atoms with E-state index in [0.717, 1.165) is 19.8 Å². The molecule has 28 valence electrons. The molecule has 0 aliphatic heterocycles. The molecule has 0 radical (unpaired) electrons. The number of rotatable bonds is 0. The van der Waals surface area contributed by atoms with Crippen LogP contribution >= 0.6 is 0 Å². The van der Waals surface area contributed by atoms with E-state index in [0.29, 0.717) is 0 Å². The molecule has 4 heteroatoms. The van der Waals surface area contributed by atoms with Gasteiger partial charge in [0.1, 0.15) is 0 Å². The van der Waals surface area contributed by atoms with E-state index >= 15 is 0 Å². The molecule has 0 saturated heterocycles. The van der Waals surface area contributed by atoms with Crippen molar-refractivity contribution in [3.05, 3.63) is 0 Å². The number of hydrogen-bond donors (Lipinski definition) is 0. The summed E-state index contributed by atoms with van der Waals surface area (Å²) < 4.78 is 8.22. The van der Waals surface area contributed by atoms with Gasteiger partial charge in [0.15, 0.2) is 0 Å². The fourth-order valence-corrected chi connectivity index (χ4v) is 0. The van der Waals surface area contributed by atoms with Crippen LogP contribution in [0.2, 0.25) is 0 Å². The first-order valence-electron chi connectivity index (χ1n) is 0.129. The molecule has 0 aromatic carbocycles. The standard InChI is InChI=1S/O.Pt.H4Si.Ti/h;;1H4;. The molecule has 4 heavy (non-hydrogen) atoms. The molecule has 0 unspecified atom stereocenters. The Morgan fingerprint density at radius 1 is 1.25 bits per heavy atom. The molecular formula is H4OPtSiTi. The summed E-state index contributed by atoms with van der Waals surface area (Å²) in [6, 6.07) is 0. The molecule has 0 aliphatic carbocycles. The maximum absolute atomic E-state index is 8.22. The summed E-state index contributed by atoms with van der Waals surface area (Å²) >= 11 is 0.889. The molecule has 1 nitrogen and oxygen atoms in total. The summed E-state index contributed by atoms with van der Waals surface area (Å²) in [5.41, 5.74) is 0. The van der Waals surface area contributed by atoms with Gasteiger partial charge in [-0.05, 0) is 11.0 Å². The quantitative estimate of drug-likeness (QED) is 0.493. The van der Waals surface area contributed by atoms with Crippen LogP contribution in [0.5, 0.6) is 0 Å². The summed E-state index contributed by atoms with van der Waals surface area (Å²) in [5, 5.41) is 0. The van der Waals surface area contributed by atoms with Crippen molar-refractivity contribution in [1.82, 2.24) is 0 Å². The van der Waals surface area contributed by atoms with Gasteiger partial charge in [-0.25, -0.2) is 0 Å². The average Bonchev–Trinajstić information content (AvgIpc) is 1.00. The van der Waals surface area contributed by atoms with Crippen LogP contribution in [0.4, 0.5) is 0 Å². The second kappa shape index (κ2) is 25.6. The first-order chi connectivity index (χ1) is 1.00. The normalized spacial score (nSPS) is 1.50. The van der Waals surface area contributed by atoms with Crippen molar-refractivity contribution in [3.63, 3.8) is 0 Å². The summed E-state index contributed by atoms with van der Waals surface area (Å²) in [4.78, 5) is 0. The van der Waals surface area contributed by atoms with Crippen molar-refractivity contribution in [2.24, 2.45) is 0 Å². The molecule has 0 aromatic rings. The first-order valence-corrected chi connectivity index (χ1v) is 1.06. The maximum Gasteiger partial charge on any atom is 0 e. The Morgan fingerprint density at radius 3 is 1.25 bits per heavy atom. The summed E-state index contributed by atoms with van der Waals surface area (Å²) in [7, 11) is 0. The Bertz CT molecular complexity index is 8.00. The van der Waals surface area contributed by atoms with E-state index in [1.165, 1.54) is 0 Å². The third-order valence-electron chi connectivity index (χ3n) is 0. The molecule has 0 heterocycles. The minimum atomic E-state index is 0. The smallest absolute Gasteiger partial charge is 0 e. The monoisotopic (exact) mass is 291 g/mol. The predicted octanol–water partition coefficient (Wildman–Crippen LogP) is -1.58. The Morgan fingerprint density at radius 2 is 1.25 bits per heavy atom. The largest absolute Gasteiger partial charge is 0.0149 e. The molecule has 0 fully saturated rings. The maximum atomic E-state index is 8.22. The molecule has 0 aliphatic rings. The van der Waals surface area contributed by atoms with Gasteiger partial charge in [0, 0.05) is 21.7 Å². The Hall–Kier alpha value is 1.42. The van der Waals surface area contributed by atoms with E-state index in [1.807, 2.05) is 0 Å². The fraction of sp³-hybridized carbons (Fsp3) is 0. The van der Waals surface area contributed by atoms with E-state index in [9.17, 15) is 0 Å². The number of hydrogen-bond acceptors (Lipinski definition) is 1. The Balaban J connectivity index is -0.00000000500. The third-order valence-corrected chi connectivity index (χ3v) is 0. The van der Waals surface area contributed by atoms with Gasteiger partial charge in [0.2, 0.25) is 0 Å². The van der Waals surface area contributed by atoms with Gasteiger partial charge in [0.05, 0.1) is 0 Å². The van der Waals surface area contributed by atoms with Crippen LogP contribution in [0.1, 0.15) is 0 Å². The van der Waals surface area contributed by atoms with Gasteiger partial charge < -0.3 is 0 Å². The van der Waals surface area contributed by atoms with Crippen molar-refractivity contribution in [1.29, 1.82) is 0 Å². The molecule has 0 spiro atoms. The van der Waals surface area contributed by atoms with Crippen molar-refractivity contribution in [3.8, 4) is 0 Å². The summed E-state index contributed by atoms with van der Waals surface area (Å²) in [5.74, 6) is 0. The zero-order valence-corrected chi connectivity index (χ0v) is 5.06. The Kier molecular flexibility index (Phi) is 116. The molecular weight excluding hydrogens is 287 g/mol. The van der Waals surface area contributed by atoms with Crippen LogP contribution in [-0.4, -0.2) is 11.0 Å². The van der Waals surface area contributed by atoms with Gasteiger partial charge >= 0.3 is 23.2 Å². The van der Waals surface area contributed by atoms with Crippen molar-refractivity contribution in [2.75, 3.05) is 0 Å². The van der Waals surface area contributed by atoms with E-state index in [4.69, 9.17) is 3.40 Å². The van der Waals surface area contributed by atoms with Gasteiger partial charge in [-0.1, -0.05) is 0 Å². The minimum Gasteiger partial charge on any atom is -0.0149 e. The molecule has 0 aromatic heterocycles. The SMILES string of the molecule is [O]=[Pt].[SiH4].[Ti]. The third kappa shape index (κ3) is 9.93. The topological polar surface area (TPSA) is 17.1 Å². The van der Waals surface area contributed by atoms with Crippen LogP contribution in [0, 0.1) is 0 Å². The van der Waals surface area contributed by atoms with Crippen LogP contribution in [0.15, 0.2) is 0 Å². The van der Waals surface area contributed by atoms with Crippen molar-refractivity contribution >= 4 is 11.0 Å². The van der Waals surface area contributed by atoms with Gasteiger partial charge in [-0.3, -0.25) is 0 Å². The second-order valence-corrected chi connectivity index (χ2v) is 0. The zero-order valence-electron chi connectivity index (χ0n) is 1.22. The van der Waals surface area contributed by atoms with Crippen LogP contribution in [0.25, 0.3) is 0 Å². The molecule has 0 amide bonds. The van der Waals surface area contributed by atoms with Crippen LogP contribution < -0.4 is 0 Å². The van der Waals surface area contributed by atoms with Gasteiger partial charge in [-0.15, -0.1) is 0 Å². The zero-order chi connectivity index (χ0) is 2.00. The van der Waals surface area contributed by atoms with Crippen LogP contribution in [0.3, 0.4) is 0 Å². The average molecular weight is 291 g/mol. The predicted molar refractivity (Wildman–Crippen MR) is 12.0 cm³/mol. The first kappa shape index (κ1) is 18.1. The molecule has 0 rings (SSSR count). The summed E-state index contributed by atoms with van der Waals surface area (Å²) in [6.45, 7) is 0.